The third kappa shape index (κ3) is 7.06. The molecule has 80 valence electrons. The van der Waals surface area contributed by atoms with Gasteiger partial charge in [-0.15, -0.1) is 0 Å². The van der Waals surface area contributed by atoms with Gasteiger partial charge in [-0.25, -0.2) is 0 Å². The maximum Gasteiger partial charge on any atom is 0.0459 e. The molecule has 2 atom stereocenters. The van der Waals surface area contributed by atoms with E-state index in [1.54, 1.807) is 0 Å². The summed E-state index contributed by atoms with van der Waals surface area (Å²) in [5.74, 6) is 1.33. The number of unbranched alkanes of at least 4 members (excludes halogenated alkanes) is 2. The molecule has 1 nitrogen and oxygen atoms in total. The third-order valence-electron chi connectivity index (χ3n) is 2.87. The van der Waals surface area contributed by atoms with E-state index in [-0.39, 0.29) is 0 Å². The van der Waals surface area contributed by atoms with Gasteiger partial charge < -0.3 is 5.11 Å². The van der Waals surface area contributed by atoms with Crippen LogP contribution in [0, 0.1) is 11.8 Å². The molecule has 0 aromatic rings. The molecule has 0 bridgehead atoms. The Morgan fingerprint density at radius 3 is 2.31 bits per heavy atom. The van der Waals surface area contributed by atoms with Gasteiger partial charge in [-0.2, -0.15) is 0 Å². The van der Waals surface area contributed by atoms with Gasteiger partial charge in [0.1, 0.15) is 0 Å². The smallest absolute Gasteiger partial charge is 0.0459 e. The van der Waals surface area contributed by atoms with Crippen molar-refractivity contribution in [3.05, 3.63) is 0 Å². The highest BCUT2D eigenvalue weighted by atomic mass is 16.3. The quantitative estimate of drug-likeness (QED) is 0.574. The number of aliphatic hydroxyl groups excluding tert-OH is 1. The molecule has 0 fully saturated rings. The summed E-state index contributed by atoms with van der Waals surface area (Å²) in [5.41, 5.74) is 0. The van der Waals surface area contributed by atoms with Crippen molar-refractivity contribution in [1.82, 2.24) is 0 Å². The molecular formula is C12H26O. The Morgan fingerprint density at radius 1 is 1.15 bits per heavy atom. The van der Waals surface area contributed by atoms with Crippen LogP contribution in [0.4, 0.5) is 0 Å². The average molecular weight is 186 g/mol. The first-order chi connectivity index (χ1) is 6.24. The van der Waals surface area contributed by atoms with E-state index in [1.807, 2.05) is 0 Å². The zero-order valence-corrected chi connectivity index (χ0v) is 9.55. The molecule has 1 N–H and O–H groups in total. The lowest BCUT2D eigenvalue weighted by Gasteiger charge is -2.17. The molecule has 0 unspecified atom stereocenters. The molecule has 0 spiro atoms. The van der Waals surface area contributed by atoms with Gasteiger partial charge in [-0.3, -0.25) is 0 Å². The molecule has 0 amide bonds. The van der Waals surface area contributed by atoms with E-state index in [1.165, 1.54) is 32.1 Å². The van der Waals surface area contributed by atoms with Crippen LogP contribution in [0.3, 0.4) is 0 Å². The Kier molecular flexibility index (Phi) is 8.53. The van der Waals surface area contributed by atoms with Crippen LogP contribution in [0.15, 0.2) is 0 Å². The van der Waals surface area contributed by atoms with Crippen LogP contribution in [0.25, 0.3) is 0 Å². The van der Waals surface area contributed by atoms with Crippen molar-refractivity contribution in [3.8, 4) is 0 Å². The average Bonchev–Trinajstić information content (AvgIpc) is 2.14. The minimum atomic E-state index is 0.370. The van der Waals surface area contributed by atoms with E-state index in [0.717, 1.165) is 12.3 Å². The molecule has 0 radical (unpaired) electrons. The highest BCUT2D eigenvalue weighted by Crippen LogP contribution is 2.19. The molecule has 0 aromatic heterocycles. The molecule has 13 heavy (non-hydrogen) atoms. The maximum absolute atomic E-state index is 9.05. The van der Waals surface area contributed by atoms with Crippen molar-refractivity contribution in [2.75, 3.05) is 6.61 Å². The van der Waals surface area contributed by atoms with Crippen LogP contribution in [-0.4, -0.2) is 11.7 Å². The first-order valence-electron chi connectivity index (χ1n) is 5.85. The van der Waals surface area contributed by atoms with E-state index < -0.39 is 0 Å². The lowest BCUT2D eigenvalue weighted by Crippen LogP contribution is -2.09. The zero-order chi connectivity index (χ0) is 10.1. The van der Waals surface area contributed by atoms with Crippen molar-refractivity contribution >= 4 is 0 Å². The predicted octanol–water partition coefficient (Wildman–Crippen LogP) is 3.61. The highest BCUT2D eigenvalue weighted by Gasteiger charge is 2.09. The lowest BCUT2D eigenvalue weighted by molar-refractivity contribution is 0.196. The number of aliphatic hydroxyl groups is 1. The van der Waals surface area contributed by atoms with Gasteiger partial charge in [-0.1, -0.05) is 52.9 Å². The van der Waals surface area contributed by atoms with Gasteiger partial charge in [-0.05, 0) is 18.3 Å². The molecule has 0 aromatic carbocycles. The minimum Gasteiger partial charge on any atom is -0.396 e. The van der Waals surface area contributed by atoms with E-state index in [4.69, 9.17) is 5.11 Å². The standard InChI is InChI=1S/C12H26O/c1-4-6-7-8-11(3)9-12(5-2)10-13/h11-13H,4-10H2,1-3H3/t11-,12-/m1/s1. The number of hydrogen-bond acceptors (Lipinski definition) is 1. The summed E-state index contributed by atoms with van der Waals surface area (Å²) in [7, 11) is 0. The number of hydrogen-bond donors (Lipinski definition) is 1. The third-order valence-corrected chi connectivity index (χ3v) is 2.87. The molecule has 0 aliphatic rings. The summed E-state index contributed by atoms with van der Waals surface area (Å²) >= 11 is 0. The summed E-state index contributed by atoms with van der Waals surface area (Å²) in [6.07, 6.45) is 7.69. The fourth-order valence-electron chi connectivity index (χ4n) is 1.80. The minimum absolute atomic E-state index is 0.370. The maximum atomic E-state index is 9.05. The first kappa shape index (κ1) is 13.0. The van der Waals surface area contributed by atoms with Gasteiger partial charge in [0.2, 0.25) is 0 Å². The molecule has 0 saturated carbocycles. The summed E-state index contributed by atoms with van der Waals surface area (Å²) in [6.45, 7) is 7.09. The molecule has 0 aliphatic heterocycles. The summed E-state index contributed by atoms with van der Waals surface area (Å²) in [5, 5.41) is 9.05. The zero-order valence-electron chi connectivity index (χ0n) is 9.55. The Labute approximate surface area is 83.5 Å². The summed E-state index contributed by atoms with van der Waals surface area (Å²) in [4.78, 5) is 0. The Hall–Kier alpha value is -0.0400. The molecule has 0 aliphatic carbocycles. The second-order valence-electron chi connectivity index (χ2n) is 4.29. The summed E-state index contributed by atoms with van der Waals surface area (Å²) < 4.78 is 0. The second-order valence-corrected chi connectivity index (χ2v) is 4.29. The lowest BCUT2D eigenvalue weighted by atomic mass is 9.91. The van der Waals surface area contributed by atoms with E-state index in [9.17, 15) is 0 Å². The van der Waals surface area contributed by atoms with E-state index >= 15 is 0 Å². The van der Waals surface area contributed by atoms with E-state index in [0.29, 0.717) is 12.5 Å². The monoisotopic (exact) mass is 186 g/mol. The first-order valence-corrected chi connectivity index (χ1v) is 5.85. The number of rotatable bonds is 8. The molecule has 0 rings (SSSR count). The van der Waals surface area contributed by atoms with Gasteiger partial charge in [0.25, 0.3) is 0 Å². The topological polar surface area (TPSA) is 20.2 Å². The van der Waals surface area contributed by atoms with Crippen LogP contribution in [0.1, 0.15) is 59.3 Å². The Balaban J connectivity index is 3.42. The van der Waals surface area contributed by atoms with Crippen molar-refractivity contribution in [3.63, 3.8) is 0 Å². The van der Waals surface area contributed by atoms with Gasteiger partial charge >= 0.3 is 0 Å². The van der Waals surface area contributed by atoms with Crippen molar-refractivity contribution in [1.29, 1.82) is 0 Å². The van der Waals surface area contributed by atoms with Gasteiger partial charge in [0, 0.05) is 6.61 Å². The predicted molar refractivity (Wildman–Crippen MR) is 58.8 cm³/mol. The van der Waals surface area contributed by atoms with Crippen LogP contribution in [0.5, 0.6) is 0 Å². The van der Waals surface area contributed by atoms with Crippen molar-refractivity contribution < 1.29 is 5.11 Å². The van der Waals surface area contributed by atoms with Crippen LogP contribution in [-0.2, 0) is 0 Å². The Bertz CT molecular complexity index is 97.3. The van der Waals surface area contributed by atoms with Gasteiger partial charge in [0.05, 0.1) is 0 Å². The SMILES string of the molecule is CCCCC[C@@H](C)C[C@@H](CC)CO. The molecule has 0 saturated heterocycles. The molecule has 1 heteroatoms. The fourth-order valence-corrected chi connectivity index (χ4v) is 1.80. The normalized spacial score (nSPS) is 15.7. The largest absolute Gasteiger partial charge is 0.396 e. The van der Waals surface area contributed by atoms with Crippen molar-refractivity contribution in [2.45, 2.75) is 59.3 Å². The summed E-state index contributed by atoms with van der Waals surface area (Å²) in [6, 6.07) is 0. The van der Waals surface area contributed by atoms with Crippen LogP contribution < -0.4 is 0 Å². The van der Waals surface area contributed by atoms with Crippen LogP contribution >= 0.6 is 0 Å². The molecular weight excluding hydrogens is 160 g/mol. The molecule has 0 heterocycles. The van der Waals surface area contributed by atoms with E-state index in [2.05, 4.69) is 20.8 Å². The Morgan fingerprint density at radius 2 is 1.85 bits per heavy atom. The van der Waals surface area contributed by atoms with Crippen molar-refractivity contribution in [2.24, 2.45) is 11.8 Å². The highest BCUT2D eigenvalue weighted by molar-refractivity contribution is 4.61. The van der Waals surface area contributed by atoms with Crippen LogP contribution in [0.2, 0.25) is 0 Å². The fraction of sp³-hybridized carbons (Fsp3) is 1.00. The van der Waals surface area contributed by atoms with Gasteiger partial charge in [0.15, 0.2) is 0 Å². The second kappa shape index (κ2) is 8.55.